The molecule has 0 aliphatic rings. The maximum atomic E-state index is 12.7. The van der Waals surface area contributed by atoms with Crippen LogP contribution in [0.3, 0.4) is 0 Å². The molecule has 3 amide bonds. The zero-order valence-corrected chi connectivity index (χ0v) is 20.4. The lowest BCUT2D eigenvalue weighted by molar-refractivity contribution is -0.142. The lowest BCUT2D eigenvalue weighted by Crippen LogP contribution is -2.58. The van der Waals surface area contributed by atoms with Gasteiger partial charge in [0, 0.05) is 12.3 Å². The Labute approximate surface area is 202 Å². The molecule has 0 rings (SSSR count). The van der Waals surface area contributed by atoms with Crippen molar-refractivity contribution in [3.63, 3.8) is 0 Å². The van der Waals surface area contributed by atoms with Crippen LogP contribution in [0.5, 0.6) is 0 Å². The van der Waals surface area contributed by atoms with Crippen molar-refractivity contribution in [2.75, 3.05) is 24.3 Å². The van der Waals surface area contributed by atoms with Gasteiger partial charge >= 0.3 is 5.97 Å². The number of guanidine groups is 1. The number of hydrogen-bond acceptors (Lipinski definition) is 9. The van der Waals surface area contributed by atoms with E-state index < -0.39 is 54.0 Å². The molecular weight excluding hydrogens is 474 g/mol. The highest BCUT2D eigenvalue weighted by Crippen LogP contribution is 2.05. The molecule has 11 N–H and O–H groups in total. The SMILES string of the molecule is CSCCC(NC(=O)C(CS)NC(=O)C(N)C(C)O)C(=O)NC(CCCN=C(N)N)C(=O)O. The van der Waals surface area contributed by atoms with Gasteiger partial charge < -0.3 is 43.4 Å². The van der Waals surface area contributed by atoms with E-state index in [4.69, 9.17) is 17.2 Å². The van der Waals surface area contributed by atoms with Crippen LogP contribution in [0.25, 0.3) is 0 Å². The Morgan fingerprint density at radius 3 is 2.03 bits per heavy atom. The predicted octanol–water partition coefficient (Wildman–Crippen LogP) is -3.03. The van der Waals surface area contributed by atoms with Gasteiger partial charge in [0.25, 0.3) is 0 Å². The molecule has 5 atom stereocenters. The van der Waals surface area contributed by atoms with Gasteiger partial charge in [-0.2, -0.15) is 24.4 Å². The average Bonchev–Trinajstić information content (AvgIpc) is 2.75. The summed E-state index contributed by atoms with van der Waals surface area (Å²) in [5, 5.41) is 26.2. The first-order valence-corrected chi connectivity index (χ1v) is 12.2. The Bertz CT molecular complexity index is 691. The van der Waals surface area contributed by atoms with Crippen molar-refractivity contribution in [1.29, 1.82) is 0 Å². The molecule has 0 spiro atoms. The molecule has 13 nitrogen and oxygen atoms in total. The van der Waals surface area contributed by atoms with Crippen LogP contribution in [-0.4, -0.2) is 94.4 Å². The van der Waals surface area contributed by atoms with Crippen molar-refractivity contribution in [1.82, 2.24) is 16.0 Å². The number of amides is 3. The van der Waals surface area contributed by atoms with Crippen LogP contribution in [0.1, 0.15) is 26.2 Å². The molecule has 15 heteroatoms. The summed E-state index contributed by atoms with van der Waals surface area (Å²) in [5.74, 6) is -3.08. The minimum atomic E-state index is -1.24. The fourth-order valence-corrected chi connectivity index (χ4v) is 3.22. The highest BCUT2D eigenvalue weighted by atomic mass is 32.2. The van der Waals surface area contributed by atoms with Gasteiger partial charge in [-0.05, 0) is 38.2 Å². The Balaban J connectivity index is 5.21. The molecule has 33 heavy (non-hydrogen) atoms. The molecule has 0 aliphatic heterocycles. The maximum absolute atomic E-state index is 12.7. The number of nitrogens with zero attached hydrogens (tertiary/aromatic N) is 1. The first-order valence-electron chi connectivity index (χ1n) is 10.2. The van der Waals surface area contributed by atoms with Crippen molar-refractivity contribution in [2.24, 2.45) is 22.2 Å². The van der Waals surface area contributed by atoms with Crippen molar-refractivity contribution in [3.8, 4) is 0 Å². The molecule has 0 fully saturated rings. The van der Waals surface area contributed by atoms with Gasteiger partial charge in [0.2, 0.25) is 17.7 Å². The van der Waals surface area contributed by atoms with Crippen LogP contribution in [0, 0.1) is 0 Å². The normalized spacial score (nSPS) is 15.3. The molecule has 0 aromatic heterocycles. The lowest BCUT2D eigenvalue weighted by Gasteiger charge is -2.24. The van der Waals surface area contributed by atoms with Crippen molar-refractivity contribution in [3.05, 3.63) is 0 Å². The number of aliphatic hydroxyl groups excluding tert-OH is 1. The minimum absolute atomic E-state index is 0.0770. The van der Waals surface area contributed by atoms with E-state index in [2.05, 4.69) is 33.6 Å². The fraction of sp³-hybridized carbons (Fsp3) is 0.722. The molecule has 0 radical (unpaired) electrons. The van der Waals surface area contributed by atoms with E-state index in [-0.39, 0.29) is 31.1 Å². The molecule has 0 aromatic carbocycles. The number of thioether (sulfide) groups is 1. The number of rotatable bonds is 16. The van der Waals surface area contributed by atoms with Gasteiger partial charge in [0.1, 0.15) is 24.2 Å². The number of carbonyl (C=O) groups is 4. The topological polar surface area (TPSA) is 235 Å². The molecule has 0 aromatic rings. The monoisotopic (exact) mass is 509 g/mol. The number of carboxylic acid groups (broad SMARTS) is 1. The summed E-state index contributed by atoms with van der Waals surface area (Å²) in [6.45, 7) is 1.53. The van der Waals surface area contributed by atoms with E-state index in [0.717, 1.165) is 0 Å². The van der Waals surface area contributed by atoms with E-state index in [1.807, 2.05) is 6.26 Å². The summed E-state index contributed by atoms with van der Waals surface area (Å²) in [6.07, 6.45) is 1.30. The number of nitrogens with two attached hydrogens (primary N) is 3. The third kappa shape index (κ3) is 12.6. The van der Waals surface area contributed by atoms with Gasteiger partial charge in [-0.25, -0.2) is 4.79 Å². The first-order chi connectivity index (χ1) is 15.4. The number of hydrogen-bond donors (Lipinski definition) is 9. The van der Waals surface area contributed by atoms with Crippen LogP contribution in [0.2, 0.25) is 0 Å². The molecule has 0 aliphatic carbocycles. The lowest BCUT2D eigenvalue weighted by atomic mass is 10.1. The van der Waals surface area contributed by atoms with Gasteiger partial charge in [-0.1, -0.05) is 0 Å². The van der Waals surface area contributed by atoms with Gasteiger partial charge in [0.15, 0.2) is 5.96 Å². The number of carboxylic acids is 1. The second kappa shape index (κ2) is 16.4. The molecule has 0 heterocycles. The van der Waals surface area contributed by atoms with E-state index in [1.54, 1.807) is 0 Å². The Morgan fingerprint density at radius 1 is 1.00 bits per heavy atom. The van der Waals surface area contributed by atoms with Crippen molar-refractivity contribution >= 4 is 54.0 Å². The molecule has 190 valence electrons. The number of carbonyl (C=O) groups excluding carboxylic acids is 3. The summed E-state index contributed by atoms with van der Waals surface area (Å²) in [5.41, 5.74) is 16.0. The molecular formula is C18H35N7O6S2. The summed E-state index contributed by atoms with van der Waals surface area (Å²) >= 11 is 5.49. The van der Waals surface area contributed by atoms with Gasteiger partial charge in [0.05, 0.1) is 6.10 Å². The highest BCUT2D eigenvalue weighted by molar-refractivity contribution is 7.98. The van der Waals surface area contributed by atoms with E-state index >= 15 is 0 Å². The fourth-order valence-electron chi connectivity index (χ4n) is 2.49. The Morgan fingerprint density at radius 2 is 1.55 bits per heavy atom. The third-order valence-corrected chi connectivity index (χ3v) is 5.45. The number of aliphatic carboxylic acids is 1. The average molecular weight is 510 g/mol. The van der Waals surface area contributed by atoms with Crippen LogP contribution in [-0.2, 0) is 19.2 Å². The highest BCUT2D eigenvalue weighted by Gasteiger charge is 2.30. The Hall–Kier alpha value is -2.23. The molecule has 0 saturated heterocycles. The largest absolute Gasteiger partial charge is 0.480 e. The van der Waals surface area contributed by atoms with Crippen LogP contribution >= 0.6 is 24.4 Å². The number of thiol groups is 1. The van der Waals surface area contributed by atoms with Gasteiger partial charge in [-0.3, -0.25) is 19.4 Å². The standard InChI is InChI=1S/C18H35N7O6S2/c1-9(26)13(19)16(29)25-12(8-32)15(28)23-10(5-7-33-2)14(27)24-11(17(30)31)4-3-6-22-18(20)21/h9-13,26,32H,3-8,19H2,1-2H3,(H,23,28)(H,24,27)(H,25,29)(H,30,31)(H4,20,21,22). The second-order valence-electron chi connectivity index (χ2n) is 7.20. The minimum Gasteiger partial charge on any atom is -0.480 e. The molecule has 0 saturated carbocycles. The number of aliphatic imine (C=N–C) groups is 1. The third-order valence-electron chi connectivity index (χ3n) is 4.44. The van der Waals surface area contributed by atoms with Gasteiger partial charge in [-0.15, -0.1) is 0 Å². The summed E-state index contributed by atoms with van der Waals surface area (Å²) < 4.78 is 0. The summed E-state index contributed by atoms with van der Waals surface area (Å²) in [4.78, 5) is 52.8. The van der Waals surface area contributed by atoms with Crippen LogP contribution in [0.4, 0.5) is 0 Å². The molecule has 5 unspecified atom stereocenters. The zero-order valence-electron chi connectivity index (χ0n) is 18.7. The summed E-state index contributed by atoms with van der Waals surface area (Å²) in [6, 6.07) is -4.62. The van der Waals surface area contributed by atoms with Crippen LogP contribution in [0.15, 0.2) is 4.99 Å². The quantitative estimate of drug-likeness (QED) is 0.0441. The number of aliphatic hydroxyl groups is 1. The zero-order chi connectivity index (χ0) is 25.6. The van der Waals surface area contributed by atoms with Crippen molar-refractivity contribution < 1.29 is 29.4 Å². The molecule has 0 bridgehead atoms. The maximum Gasteiger partial charge on any atom is 0.326 e. The van der Waals surface area contributed by atoms with Crippen molar-refractivity contribution in [2.45, 2.75) is 56.5 Å². The van der Waals surface area contributed by atoms with E-state index in [9.17, 15) is 29.4 Å². The predicted molar refractivity (Wildman–Crippen MR) is 130 cm³/mol. The Kier molecular flexibility index (Phi) is 15.3. The smallest absolute Gasteiger partial charge is 0.326 e. The first kappa shape index (κ1) is 30.8. The van der Waals surface area contributed by atoms with Crippen LogP contribution < -0.4 is 33.2 Å². The second-order valence-corrected chi connectivity index (χ2v) is 8.55. The van der Waals surface area contributed by atoms with E-state index in [1.165, 1.54) is 18.7 Å². The number of nitrogens with one attached hydrogen (secondary N) is 3. The summed E-state index contributed by atoms with van der Waals surface area (Å²) in [7, 11) is 0. The van der Waals surface area contributed by atoms with E-state index in [0.29, 0.717) is 12.2 Å².